The smallest absolute Gasteiger partial charge is 0.0441 e. The van der Waals surface area contributed by atoms with Gasteiger partial charge in [0, 0.05) is 34.9 Å². The minimum atomic E-state index is -0.676. The fourth-order valence-corrected chi connectivity index (χ4v) is 1.85. The molecule has 1 fully saturated rings. The number of nitrogens with one attached hydrogen (secondary N) is 1. The summed E-state index contributed by atoms with van der Waals surface area (Å²) in [4.78, 5) is 0. The predicted molar refractivity (Wildman–Crippen MR) is 53.7 cm³/mol. The molecule has 0 aromatic heterocycles. The fraction of sp³-hybridized carbons (Fsp3) is 1.00. The van der Waals surface area contributed by atoms with E-state index in [4.69, 9.17) is 0 Å². The summed E-state index contributed by atoms with van der Waals surface area (Å²) in [6.07, 6.45) is 4.36. The Bertz CT molecular complexity index is 166. The summed E-state index contributed by atoms with van der Waals surface area (Å²) in [7, 11) is -0.676. The lowest BCUT2D eigenvalue weighted by molar-refractivity contribution is 0.243. The van der Waals surface area contributed by atoms with Crippen molar-refractivity contribution < 1.29 is 4.21 Å². The van der Waals surface area contributed by atoms with E-state index in [1.807, 2.05) is 6.92 Å². The van der Waals surface area contributed by atoms with Crippen molar-refractivity contribution in [2.45, 2.75) is 38.0 Å². The van der Waals surface area contributed by atoms with Crippen LogP contribution in [0.5, 0.6) is 0 Å². The average molecular weight is 189 g/mol. The monoisotopic (exact) mass is 189 g/mol. The molecular weight excluding hydrogens is 170 g/mol. The molecule has 0 heterocycles. The molecule has 1 rings (SSSR count). The van der Waals surface area contributed by atoms with Crippen LogP contribution in [0.2, 0.25) is 0 Å². The number of hydrogen-bond acceptors (Lipinski definition) is 2. The van der Waals surface area contributed by atoms with E-state index in [1.165, 1.54) is 12.8 Å². The van der Waals surface area contributed by atoms with E-state index in [0.29, 0.717) is 11.3 Å². The predicted octanol–water partition coefficient (Wildman–Crippen LogP) is 1.14. The Morgan fingerprint density at radius 3 is 2.58 bits per heavy atom. The molecule has 1 aliphatic rings. The second-order valence-corrected chi connectivity index (χ2v) is 5.79. The van der Waals surface area contributed by atoms with Crippen LogP contribution < -0.4 is 5.32 Å². The maximum absolute atomic E-state index is 11.0. The van der Waals surface area contributed by atoms with Crippen molar-refractivity contribution in [3.8, 4) is 0 Å². The van der Waals surface area contributed by atoms with Crippen LogP contribution >= 0.6 is 0 Å². The number of rotatable bonds is 4. The van der Waals surface area contributed by atoms with Gasteiger partial charge < -0.3 is 5.32 Å². The highest BCUT2D eigenvalue weighted by molar-refractivity contribution is 7.84. The second kappa shape index (κ2) is 4.38. The first-order valence-corrected chi connectivity index (χ1v) is 6.27. The van der Waals surface area contributed by atoms with E-state index in [2.05, 4.69) is 12.2 Å². The molecule has 2 nitrogen and oxygen atoms in total. The summed E-state index contributed by atoms with van der Waals surface area (Å²) in [6, 6.07) is 0.700. The SMILES string of the molecule is CC1CC(NCC(C)S(C)=O)C1. The Balaban J connectivity index is 2.06. The van der Waals surface area contributed by atoms with Crippen molar-refractivity contribution in [3.05, 3.63) is 0 Å². The summed E-state index contributed by atoms with van der Waals surface area (Å²) in [6.45, 7) is 5.21. The lowest BCUT2D eigenvalue weighted by Gasteiger charge is -2.34. The molecular formula is C9H19NOS. The van der Waals surface area contributed by atoms with E-state index in [0.717, 1.165) is 12.5 Å². The molecule has 12 heavy (non-hydrogen) atoms. The Hall–Kier alpha value is 0.110. The van der Waals surface area contributed by atoms with Gasteiger partial charge in [-0.25, -0.2) is 0 Å². The average Bonchev–Trinajstić information content (AvgIpc) is 1.95. The van der Waals surface area contributed by atoms with Gasteiger partial charge in [0.1, 0.15) is 0 Å². The van der Waals surface area contributed by atoms with Crippen LogP contribution in [0.15, 0.2) is 0 Å². The Kier molecular flexibility index (Phi) is 3.72. The van der Waals surface area contributed by atoms with E-state index >= 15 is 0 Å². The minimum absolute atomic E-state index is 0.293. The van der Waals surface area contributed by atoms with Crippen molar-refractivity contribution in [1.82, 2.24) is 5.32 Å². The number of hydrogen-bond donors (Lipinski definition) is 1. The highest BCUT2D eigenvalue weighted by Crippen LogP contribution is 2.26. The van der Waals surface area contributed by atoms with Crippen LogP contribution in [0.25, 0.3) is 0 Å². The zero-order chi connectivity index (χ0) is 9.14. The zero-order valence-electron chi connectivity index (χ0n) is 8.17. The maximum atomic E-state index is 11.0. The highest BCUT2D eigenvalue weighted by Gasteiger charge is 2.24. The van der Waals surface area contributed by atoms with Crippen molar-refractivity contribution >= 4 is 10.8 Å². The molecule has 0 aromatic carbocycles. The van der Waals surface area contributed by atoms with Gasteiger partial charge in [-0.3, -0.25) is 4.21 Å². The normalized spacial score (nSPS) is 33.9. The molecule has 0 spiro atoms. The summed E-state index contributed by atoms with van der Waals surface area (Å²) in [5, 5.41) is 3.73. The first kappa shape index (κ1) is 10.2. The molecule has 0 radical (unpaired) electrons. The molecule has 0 aliphatic heterocycles. The van der Waals surface area contributed by atoms with Gasteiger partial charge in [0.15, 0.2) is 0 Å². The molecule has 0 bridgehead atoms. The van der Waals surface area contributed by atoms with Crippen LogP contribution in [-0.2, 0) is 10.8 Å². The molecule has 1 aliphatic carbocycles. The van der Waals surface area contributed by atoms with Crippen molar-refractivity contribution in [2.24, 2.45) is 5.92 Å². The Morgan fingerprint density at radius 1 is 1.58 bits per heavy atom. The third-order valence-electron chi connectivity index (χ3n) is 2.63. The standard InChI is InChI=1S/C9H19NOS/c1-7-4-9(5-7)10-6-8(2)12(3)11/h7-10H,4-6H2,1-3H3. The van der Waals surface area contributed by atoms with Gasteiger partial charge in [-0.2, -0.15) is 0 Å². The van der Waals surface area contributed by atoms with Crippen LogP contribution in [0.1, 0.15) is 26.7 Å². The lowest BCUT2D eigenvalue weighted by atomic mass is 9.82. The van der Waals surface area contributed by atoms with Gasteiger partial charge in [0.05, 0.1) is 0 Å². The first-order valence-electron chi connectivity index (χ1n) is 4.65. The topological polar surface area (TPSA) is 29.1 Å². The van der Waals surface area contributed by atoms with Gasteiger partial charge in [0.2, 0.25) is 0 Å². The fourth-order valence-electron chi connectivity index (χ4n) is 1.52. The zero-order valence-corrected chi connectivity index (χ0v) is 8.99. The Morgan fingerprint density at radius 2 is 2.17 bits per heavy atom. The maximum Gasteiger partial charge on any atom is 0.0441 e. The molecule has 0 aromatic rings. The van der Waals surface area contributed by atoms with Gasteiger partial charge in [-0.1, -0.05) is 6.92 Å². The van der Waals surface area contributed by atoms with Crippen molar-refractivity contribution in [2.75, 3.05) is 12.8 Å². The highest BCUT2D eigenvalue weighted by atomic mass is 32.2. The van der Waals surface area contributed by atoms with Gasteiger partial charge in [0.25, 0.3) is 0 Å². The molecule has 0 amide bonds. The summed E-state index contributed by atoms with van der Waals surface area (Å²) >= 11 is 0. The molecule has 1 N–H and O–H groups in total. The van der Waals surface area contributed by atoms with E-state index in [-0.39, 0.29) is 0 Å². The van der Waals surface area contributed by atoms with Crippen LogP contribution in [0.3, 0.4) is 0 Å². The third-order valence-corrected chi connectivity index (χ3v) is 3.93. The van der Waals surface area contributed by atoms with E-state index in [9.17, 15) is 4.21 Å². The Labute approximate surface area is 77.6 Å². The van der Waals surface area contributed by atoms with E-state index < -0.39 is 10.8 Å². The van der Waals surface area contributed by atoms with Crippen LogP contribution in [-0.4, -0.2) is 28.3 Å². The van der Waals surface area contributed by atoms with E-state index in [1.54, 1.807) is 6.26 Å². The molecule has 0 saturated heterocycles. The van der Waals surface area contributed by atoms with Gasteiger partial charge >= 0.3 is 0 Å². The molecule has 2 atom stereocenters. The second-order valence-electron chi connectivity index (χ2n) is 3.99. The largest absolute Gasteiger partial charge is 0.313 e. The van der Waals surface area contributed by atoms with Gasteiger partial charge in [-0.05, 0) is 25.7 Å². The summed E-state index contributed by atoms with van der Waals surface area (Å²) in [5.74, 6) is 0.893. The minimum Gasteiger partial charge on any atom is -0.313 e. The van der Waals surface area contributed by atoms with Crippen LogP contribution in [0, 0.1) is 5.92 Å². The first-order chi connectivity index (χ1) is 5.59. The van der Waals surface area contributed by atoms with Crippen molar-refractivity contribution in [1.29, 1.82) is 0 Å². The van der Waals surface area contributed by atoms with Crippen molar-refractivity contribution in [3.63, 3.8) is 0 Å². The van der Waals surface area contributed by atoms with Gasteiger partial charge in [-0.15, -0.1) is 0 Å². The summed E-state index contributed by atoms with van der Waals surface area (Å²) < 4.78 is 11.0. The van der Waals surface area contributed by atoms with Crippen LogP contribution in [0.4, 0.5) is 0 Å². The summed E-state index contributed by atoms with van der Waals surface area (Å²) in [5.41, 5.74) is 0. The third kappa shape index (κ3) is 2.87. The lowest BCUT2D eigenvalue weighted by Crippen LogP contribution is -2.43. The molecule has 3 heteroatoms. The quantitative estimate of drug-likeness (QED) is 0.718. The molecule has 2 unspecified atom stereocenters. The molecule has 72 valence electrons. The molecule has 1 saturated carbocycles.